The van der Waals surface area contributed by atoms with Gasteiger partial charge in [0.05, 0.1) is 0 Å². The topological polar surface area (TPSA) is 0 Å². The summed E-state index contributed by atoms with van der Waals surface area (Å²) in [7, 11) is 14.9. The fourth-order valence-corrected chi connectivity index (χ4v) is 3.55. The van der Waals surface area contributed by atoms with E-state index in [2.05, 4.69) is 47.6 Å². The first-order valence-corrected chi connectivity index (χ1v) is 13.2. The molecule has 4 unspecified atom stereocenters. The van der Waals surface area contributed by atoms with Gasteiger partial charge >= 0.3 is 42.6 Å². The summed E-state index contributed by atoms with van der Waals surface area (Å²) in [4.78, 5) is 0. The number of hydrogen-bond donors (Lipinski definition) is 0. The molecule has 0 aromatic rings. The Morgan fingerprint density at radius 3 is 1.63 bits per heavy atom. The van der Waals surface area contributed by atoms with E-state index < -0.39 is 14.7 Å². The van der Waals surface area contributed by atoms with Crippen molar-refractivity contribution in [3.8, 4) is 0 Å². The van der Waals surface area contributed by atoms with E-state index >= 15 is 0 Å². The number of hydrogen-bond acceptors (Lipinski definition) is 0. The molecule has 0 aliphatic heterocycles. The number of allylic oxidation sites excluding steroid dienone is 4. The SMILES string of the molecule is C[C]1C=C(C)C2=C1C(C)C(C)C(C)C2C.[Cl][Ti]([Cl])[Cl]. The fourth-order valence-electron chi connectivity index (χ4n) is 3.55. The van der Waals surface area contributed by atoms with Crippen molar-refractivity contribution in [3.05, 3.63) is 28.7 Å². The zero-order chi connectivity index (χ0) is 14.9. The van der Waals surface area contributed by atoms with Crippen LogP contribution in [-0.2, 0) is 14.7 Å². The van der Waals surface area contributed by atoms with Gasteiger partial charge in [-0.3, -0.25) is 0 Å². The van der Waals surface area contributed by atoms with Crippen LogP contribution in [0.25, 0.3) is 0 Å². The molecule has 0 N–H and O–H groups in total. The summed E-state index contributed by atoms with van der Waals surface area (Å²) in [6.45, 7) is 14.2. The summed E-state index contributed by atoms with van der Waals surface area (Å²) in [5, 5.41) is 0. The molecule has 0 saturated carbocycles. The van der Waals surface area contributed by atoms with Gasteiger partial charge in [-0.2, -0.15) is 0 Å². The van der Waals surface area contributed by atoms with E-state index in [1.165, 1.54) is 11.5 Å². The molecule has 2 aliphatic carbocycles. The van der Waals surface area contributed by atoms with Gasteiger partial charge in [-0.1, -0.05) is 51.8 Å². The Kier molecular flexibility index (Phi) is 7.02. The van der Waals surface area contributed by atoms with E-state index in [0.29, 0.717) is 0 Å². The van der Waals surface area contributed by atoms with Gasteiger partial charge in [0.25, 0.3) is 0 Å². The molecule has 0 spiro atoms. The third-order valence-electron chi connectivity index (χ3n) is 4.89. The zero-order valence-electron chi connectivity index (χ0n) is 12.5. The zero-order valence-corrected chi connectivity index (χ0v) is 16.3. The third kappa shape index (κ3) is 4.04. The molecule has 19 heavy (non-hydrogen) atoms. The first-order valence-electron chi connectivity index (χ1n) is 6.78. The Morgan fingerprint density at radius 1 is 0.842 bits per heavy atom. The van der Waals surface area contributed by atoms with Gasteiger partial charge in [-0.05, 0) is 36.2 Å². The molecule has 108 valence electrons. The second-order valence-corrected chi connectivity index (χ2v) is 13.6. The van der Waals surface area contributed by atoms with Crippen molar-refractivity contribution in [2.45, 2.75) is 41.5 Å². The van der Waals surface area contributed by atoms with Crippen molar-refractivity contribution in [3.63, 3.8) is 0 Å². The molecular weight excluding hydrogens is 334 g/mol. The van der Waals surface area contributed by atoms with Crippen molar-refractivity contribution >= 4 is 27.9 Å². The Labute approximate surface area is 136 Å². The average molecular weight is 358 g/mol. The summed E-state index contributed by atoms with van der Waals surface area (Å²) < 4.78 is 0. The molecule has 1 radical (unpaired) electrons. The summed E-state index contributed by atoms with van der Waals surface area (Å²) in [5.41, 5.74) is 4.83. The minimum atomic E-state index is -1.92. The monoisotopic (exact) mass is 356 g/mol. The Hall–Kier alpha value is 1.06. The van der Waals surface area contributed by atoms with Crippen LogP contribution in [0.4, 0.5) is 0 Å². The van der Waals surface area contributed by atoms with Crippen LogP contribution in [-0.4, -0.2) is 0 Å². The molecule has 0 fully saturated rings. The summed E-state index contributed by atoms with van der Waals surface area (Å²) in [6.07, 6.45) is 2.38. The van der Waals surface area contributed by atoms with E-state index in [0.717, 1.165) is 23.7 Å². The maximum atomic E-state index is 4.97. The molecule has 4 heteroatoms. The van der Waals surface area contributed by atoms with Crippen molar-refractivity contribution in [1.82, 2.24) is 0 Å². The average Bonchev–Trinajstić information content (AvgIpc) is 2.58. The molecule has 0 bridgehead atoms. The van der Waals surface area contributed by atoms with Crippen LogP contribution in [0.5, 0.6) is 0 Å². The fraction of sp³-hybridized carbons (Fsp3) is 0.667. The quantitative estimate of drug-likeness (QED) is 0.436. The number of halogens is 3. The first kappa shape index (κ1) is 18.1. The summed E-state index contributed by atoms with van der Waals surface area (Å²) >= 11 is -1.92. The Morgan fingerprint density at radius 2 is 1.21 bits per heavy atom. The predicted octanol–water partition coefficient (Wildman–Crippen LogP) is 6.46. The normalized spacial score (nSPS) is 34.5. The van der Waals surface area contributed by atoms with Gasteiger partial charge in [-0.25, -0.2) is 0 Å². The van der Waals surface area contributed by atoms with Crippen LogP contribution in [0.1, 0.15) is 41.5 Å². The van der Waals surface area contributed by atoms with Crippen molar-refractivity contribution in [2.75, 3.05) is 0 Å². The van der Waals surface area contributed by atoms with E-state index in [-0.39, 0.29) is 0 Å². The van der Waals surface area contributed by atoms with Crippen molar-refractivity contribution in [2.24, 2.45) is 23.7 Å². The van der Waals surface area contributed by atoms with Gasteiger partial charge in [0.2, 0.25) is 0 Å². The molecule has 0 aromatic carbocycles. The molecular formula is C15H23Cl3Ti. The van der Waals surface area contributed by atoms with E-state index in [4.69, 9.17) is 27.9 Å². The minimum absolute atomic E-state index is 0.736. The summed E-state index contributed by atoms with van der Waals surface area (Å²) in [5.74, 6) is 4.61. The van der Waals surface area contributed by atoms with Gasteiger partial charge in [0, 0.05) is 5.92 Å². The second kappa shape index (κ2) is 7.36. The maximum absolute atomic E-state index is 4.97. The van der Waals surface area contributed by atoms with Crippen molar-refractivity contribution < 1.29 is 14.7 Å². The molecule has 4 atom stereocenters. The van der Waals surface area contributed by atoms with E-state index in [9.17, 15) is 0 Å². The molecule has 0 saturated heterocycles. The molecule has 0 heterocycles. The standard InChI is InChI=1S/C15H23.3ClH.Ti/c1-8-7-9(2)15-13(6)11(4)10(3)12(5)14(8)15;;;;/h7,10-13H,1-6H3;3*1H;/q;;;;+3/p-3. The van der Waals surface area contributed by atoms with Gasteiger partial charge < -0.3 is 0 Å². The first-order chi connectivity index (χ1) is 8.68. The third-order valence-corrected chi connectivity index (χ3v) is 4.89. The van der Waals surface area contributed by atoms with Gasteiger partial charge in [-0.15, -0.1) is 0 Å². The molecule has 2 rings (SSSR count). The van der Waals surface area contributed by atoms with Crippen molar-refractivity contribution in [1.29, 1.82) is 0 Å². The van der Waals surface area contributed by atoms with Crippen LogP contribution in [0.2, 0.25) is 0 Å². The molecule has 0 amide bonds. The van der Waals surface area contributed by atoms with E-state index in [1.54, 1.807) is 11.1 Å². The van der Waals surface area contributed by atoms with Gasteiger partial charge in [0.15, 0.2) is 0 Å². The van der Waals surface area contributed by atoms with Crippen LogP contribution in [0.15, 0.2) is 22.8 Å². The number of rotatable bonds is 0. The van der Waals surface area contributed by atoms with Crippen LogP contribution in [0, 0.1) is 29.6 Å². The Balaban J connectivity index is 0.000000399. The predicted molar refractivity (Wildman–Crippen MR) is 83.9 cm³/mol. The van der Waals surface area contributed by atoms with Crippen LogP contribution in [0.3, 0.4) is 0 Å². The molecule has 0 nitrogen and oxygen atoms in total. The molecule has 2 aliphatic rings. The second-order valence-electron chi connectivity index (χ2n) is 5.85. The molecule has 0 aromatic heterocycles. The van der Waals surface area contributed by atoms with Crippen LogP contribution < -0.4 is 0 Å². The van der Waals surface area contributed by atoms with E-state index in [1.807, 2.05) is 0 Å². The Bertz CT molecular complexity index is 384. The van der Waals surface area contributed by atoms with Crippen LogP contribution >= 0.6 is 27.9 Å². The summed E-state index contributed by atoms with van der Waals surface area (Å²) in [6, 6.07) is 0. The van der Waals surface area contributed by atoms with Gasteiger partial charge in [0.1, 0.15) is 0 Å².